The van der Waals surface area contributed by atoms with E-state index in [-0.39, 0.29) is 35.2 Å². The van der Waals surface area contributed by atoms with Crippen LogP contribution in [0.3, 0.4) is 0 Å². The molecular formula is C28H39NO3. The second-order valence-electron chi connectivity index (χ2n) is 11.3. The molecule has 4 heteroatoms. The van der Waals surface area contributed by atoms with E-state index in [2.05, 4.69) is 63.1 Å². The number of rotatable bonds is 3. The molecule has 2 aromatic rings. The molecule has 2 saturated carbocycles. The first kappa shape index (κ1) is 22.2. The summed E-state index contributed by atoms with van der Waals surface area (Å²) < 4.78 is 0. The van der Waals surface area contributed by atoms with Crippen molar-refractivity contribution in [3.05, 3.63) is 41.6 Å². The average Bonchev–Trinajstić information content (AvgIpc) is 3.22. The van der Waals surface area contributed by atoms with Crippen LogP contribution in [0.4, 0.5) is 0 Å². The number of H-pyrrole nitrogens is 1. The van der Waals surface area contributed by atoms with E-state index in [4.69, 9.17) is 0 Å². The molecule has 1 aromatic heterocycles. The third-order valence-corrected chi connectivity index (χ3v) is 10.1. The zero-order chi connectivity index (χ0) is 22.8. The number of allylic oxidation sites excluding steroid dienone is 1. The lowest BCUT2D eigenvalue weighted by molar-refractivity contribution is -0.240. The lowest BCUT2D eigenvalue weighted by Gasteiger charge is -2.68. The second kappa shape index (κ2) is 7.72. The van der Waals surface area contributed by atoms with E-state index < -0.39 is 12.2 Å². The number of hydrogen-bond acceptors (Lipinski definition) is 3. The van der Waals surface area contributed by atoms with E-state index in [1.165, 1.54) is 22.1 Å². The van der Waals surface area contributed by atoms with Crippen molar-refractivity contribution in [2.24, 2.45) is 34.5 Å². The summed E-state index contributed by atoms with van der Waals surface area (Å²) in [6, 6.07) is 8.44. The van der Waals surface area contributed by atoms with Crippen molar-refractivity contribution >= 4 is 16.5 Å². The number of para-hydroxylation sites is 1. The van der Waals surface area contributed by atoms with Gasteiger partial charge in [-0.3, -0.25) is 0 Å². The first-order valence-corrected chi connectivity index (χ1v) is 12.5. The maximum Gasteiger partial charge on any atom is 0.0608 e. The lowest BCUT2D eigenvalue weighted by atomic mass is 9.37. The van der Waals surface area contributed by atoms with Crippen LogP contribution in [-0.4, -0.2) is 39.1 Å². The minimum Gasteiger partial charge on any atom is -0.396 e. The molecule has 0 aliphatic heterocycles. The summed E-state index contributed by atoms with van der Waals surface area (Å²) >= 11 is 0. The molecule has 3 aliphatic rings. The summed E-state index contributed by atoms with van der Waals surface area (Å²) in [4.78, 5) is 3.47. The Kier molecular flexibility index (Phi) is 5.35. The minimum absolute atomic E-state index is 0.0828. The van der Waals surface area contributed by atoms with Gasteiger partial charge in [0, 0.05) is 46.0 Å². The molecule has 0 saturated heterocycles. The lowest BCUT2D eigenvalue weighted by Crippen LogP contribution is -2.68. The number of hydrogen-bond donors (Lipinski definition) is 4. The Morgan fingerprint density at radius 3 is 2.62 bits per heavy atom. The fourth-order valence-corrected chi connectivity index (χ4v) is 8.27. The molecule has 0 radical (unpaired) electrons. The van der Waals surface area contributed by atoms with Gasteiger partial charge in [0.2, 0.25) is 0 Å². The Labute approximate surface area is 191 Å². The highest BCUT2D eigenvalue weighted by Crippen LogP contribution is 2.71. The Morgan fingerprint density at radius 1 is 1.12 bits per heavy atom. The van der Waals surface area contributed by atoms with Crippen LogP contribution >= 0.6 is 0 Å². The van der Waals surface area contributed by atoms with Gasteiger partial charge in [-0.1, -0.05) is 51.5 Å². The largest absolute Gasteiger partial charge is 0.396 e. The van der Waals surface area contributed by atoms with E-state index in [1.807, 2.05) is 0 Å². The van der Waals surface area contributed by atoms with Crippen LogP contribution in [0, 0.1) is 34.5 Å². The van der Waals surface area contributed by atoms with Gasteiger partial charge in [-0.05, 0) is 61.5 Å². The van der Waals surface area contributed by atoms with Crippen molar-refractivity contribution in [2.45, 2.75) is 72.0 Å². The molecular weight excluding hydrogens is 398 g/mol. The van der Waals surface area contributed by atoms with Crippen molar-refractivity contribution < 1.29 is 15.3 Å². The molecule has 1 aromatic carbocycles. The van der Waals surface area contributed by atoms with Crippen molar-refractivity contribution in [2.75, 3.05) is 6.61 Å². The van der Waals surface area contributed by atoms with Gasteiger partial charge in [0.05, 0.1) is 12.2 Å². The molecule has 32 heavy (non-hydrogen) atoms. The predicted octanol–water partition coefficient (Wildman–Crippen LogP) is 5.14. The fourth-order valence-electron chi connectivity index (χ4n) is 8.27. The Bertz CT molecular complexity index is 1040. The number of aliphatic hydroxyl groups is 3. The second-order valence-corrected chi connectivity index (χ2v) is 11.3. The molecule has 5 rings (SSSR count). The first-order valence-electron chi connectivity index (χ1n) is 12.5. The highest BCUT2D eigenvalue weighted by Gasteiger charge is 2.68. The minimum atomic E-state index is -0.419. The van der Waals surface area contributed by atoms with E-state index in [0.717, 1.165) is 37.6 Å². The van der Waals surface area contributed by atoms with Crippen LogP contribution in [-0.2, 0) is 0 Å². The molecule has 0 bridgehead atoms. The number of aromatic amines is 1. The number of aliphatic hydroxyl groups excluding tert-OH is 3. The fraction of sp³-hybridized carbons (Fsp3) is 0.643. The summed E-state index contributed by atoms with van der Waals surface area (Å²) in [7, 11) is 0. The number of aromatic nitrogens is 1. The normalized spacial score (nSPS) is 40.8. The summed E-state index contributed by atoms with van der Waals surface area (Å²) in [5.74, 6) is 0.852. The summed E-state index contributed by atoms with van der Waals surface area (Å²) in [6.45, 7) is 9.07. The van der Waals surface area contributed by atoms with Gasteiger partial charge in [0.25, 0.3) is 0 Å². The molecule has 8 atom stereocenters. The van der Waals surface area contributed by atoms with Crippen LogP contribution in [0.25, 0.3) is 16.5 Å². The molecule has 1 heterocycles. The van der Waals surface area contributed by atoms with Crippen molar-refractivity contribution in [3.8, 4) is 0 Å². The van der Waals surface area contributed by atoms with Crippen LogP contribution in [0.1, 0.15) is 65.4 Å². The van der Waals surface area contributed by atoms with E-state index in [0.29, 0.717) is 5.92 Å². The average molecular weight is 438 g/mol. The number of fused-ring (bicyclic) bond motifs is 1. The monoisotopic (exact) mass is 437 g/mol. The molecule has 4 N–H and O–H groups in total. The molecule has 2 fully saturated rings. The zero-order valence-corrected chi connectivity index (χ0v) is 19.9. The van der Waals surface area contributed by atoms with Crippen LogP contribution in [0.5, 0.6) is 0 Å². The molecule has 3 aliphatic carbocycles. The Balaban J connectivity index is 1.81. The smallest absolute Gasteiger partial charge is 0.0608 e. The van der Waals surface area contributed by atoms with Gasteiger partial charge < -0.3 is 20.3 Å². The van der Waals surface area contributed by atoms with Crippen LogP contribution in [0.2, 0.25) is 0 Å². The van der Waals surface area contributed by atoms with Gasteiger partial charge in [-0.15, -0.1) is 0 Å². The summed E-state index contributed by atoms with van der Waals surface area (Å²) in [5.41, 5.74) is 4.32. The first-order chi connectivity index (χ1) is 15.3. The SMILES string of the molecule is C[C@H](CO)C1=C(c2c[nH]c3ccccc23)[C@@H]2[C@H](C)C[C@@H](O)[C@@]3(C)[C@H](C)CC[C@H](O)[C@@]23CC1. The third-order valence-electron chi connectivity index (χ3n) is 10.1. The summed E-state index contributed by atoms with van der Waals surface area (Å²) in [6.07, 6.45) is 5.58. The molecule has 0 amide bonds. The Hall–Kier alpha value is -1.62. The van der Waals surface area contributed by atoms with Crippen LogP contribution in [0.15, 0.2) is 36.0 Å². The van der Waals surface area contributed by atoms with E-state index >= 15 is 0 Å². The predicted molar refractivity (Wildman–Crippen MR) is 129 cm³/mol. The quantitative estimate of drug-likeness (QED) is 0.537. The number of benzene rings is 1. The molecule has 174 valence electrons. The van der Waals surface area contributed by atoms with Crippen LogP contribution < -0.4 is 0 Å². The van der Waals surface area contributed by atoms with E-state index in [9.17, 15) is 15.3 Å². The maximum absolute atomic E-state index is 11.7. The zero-order valence-electron chi connectivity index (χ0n) is 19.9. The van der Waals surface area contributed by atoms with Gasteiger partial charge in [0.15, 0.2) is 0 Å². The molecule has 0 unspecified atom stereocenters. The van der Waals surface area contributed by atoms with E-state index in [1.54, 1.807) is 0 Å². The van der Waals surface area contributed by atoms with Gasteiger partial charge >= 0.3 is 0 Å². The topological polar surface area (TPSA) is 76.5 Å². The highest BCUT2D eigenvalue weighted by atomic mass is 16.3. The van der Waals surface area contributed by atoms with Gasteiger partial charge in [-0.2, -0.15) is 0 Å². The molecule has 4 nitrogen and oxygen atoms in total. The number of nitrogens with one attached hydrogen (secondary N) is 1. The standard InChI is InChI=1S/C28H39NO3/c1-16-13-24(32)27(4)18(3)9-10-23(31)28(27)12-11-19(17(2)15-30)25(26(16)28)21-14-29-22-8-6-5-7-20(21)22/h5-8,14,16-18,23-24,26,29-32H,9-13,15H2,1-4H3/t16-,17-,18-,23+,24-,26+,27-,28+/m1/s1. The third kappa shape index (κ3) is 2.72. The van der Waals surface area contributed by atoms with Gasteiger partial charge in [0.1, 0.15) is 0 Å². The van der Waals surface area contributed by atoms with Gasteiger partial charge in [-0.25, -0.2) is 0 Å². The van der Waals surface area contributed by atoms with Crippen molar-refractivity contribution in [1.82, 2.24) is 4.98 Å². The highest BCUT2D eigenvalue weighted by molar-refractivity contribution is 5.94. The van der Waals surface area contributed by atoms with Crippen molar-refractivity contribution in [3.63, 3.8) is 0 Å². The molecule has 1 spiro atoms. The maximum atomic E-state index is 11.7. The van der Waals surface area contributed by atoms with Crippen molar-refractivity contribution in [1.29, 1.82) is 0 Å². The summed E-state index contributed by atoms with van der Waals surface area (Å²) in [5, 5.41) is 34.6. The Morgan fingerprint density at radius 2 is 1.88 bits per heavy atom.